The number of rotatable bonds is 4. The minimum absolute atomic E-state index is 0.106. The van der Waals surface area contributed by atoms with Crippen LogP contribution in [0.3, 0.4) is 0 Å². The second kappa shape index (κ2) is 8.08. The van der Waals surface area contributed by atoms with Crippen LogP contribution in [0.1, 0.15) is 21.5 Å². The van der Waals surface area contributed by atoms with Gasteiger partial charge in [0.2, 0.25) is 0 Å². The molecule has 29 heavy (non-hydrogen) atoms. The highest BCUT2D eigenvalue weighted by molar-refractivity contribution is 6.31. The van der Waals surface area contributed by atoms with E-state index in [1.807, 2.05) is 0 Å². The smallest absolute Gasteiger partial charge is 0.322 e. The lowest BCUT2D eigenvalue weighted by Gasteiger charge is -2.12. The molecule has 0 atom stereocenters. The Morgan fingerprint density at radius 1 is 1.07 bits per heavy atom. The molecule has 1 amide bonds. The Balaban J connectivity index is 1.87. The molecule has 1 heterocycles. The fourth-order valence-electron chi connectivity index (χ4n) is 2.66. The van der Waals surface area contributed by atoms with E-state index in [-0.39, 0.29) is 17.8 Å². The van der Waals surface area contributed by atoms with Gasteiger partial charge in [0.15, 0.2) is 0 Å². The van der Waals surface area contributed by atoms with Crippen molar-refractivity contribution in [2.75, 3.05) is 5.32 Å². The van der Waals surface area contributed by atoms with Crippen molar-refractivity contribution < 1.29 is 22.4 Å². The Morgan fingerprint density at radius 3 is 2.48 bits per heavy atom. The molecule has 0 spiro atoms. The second-order valence-corrected chi connectivity index (χ2v) is 6.50. The Bertz CT molecular complexity index is 1130. The van der Waals surface area contributed by atoms with Gasteiger partial charge in [0.25, 0.3) is 11.5 Å². The molecule has 4 nitrogen and oxygen atoms in total. The van der Waals surface area contributed by atoms with Crippen LogP contribution in [0.15, 0.2) is 65.6 Å². The van der Waals surface area contributed by atoms with Crippen LogP contribution in [-0.4, -0.2) is 10.5 Å². The van der Waals surface area contributed by atoms with Crippen molar-refractivity contribution in [1.82, 2.24) is 4.57 Å². The van der Waals surface area contributed by atoms with Crippen molar-refractivity contribution in [3.05, 3.63) is 98.7 Å². The summed E-state index contributed by atoms with van der Waals surface area (Å²) in [5.74, 6) is -2.37. The molecule has 3 rings (SSSR count). The Labute approximate surface area is 167 Å². The van der Waals surface area contributed by atoms with Crippen molar-refractivity contribution in [1.29, 1.82) is 0 Å². The molecule has 150 valence electrons. The zero-order valence-electron chi connectivity index (χ0n) is 14.6. The van der Waals surface area contributed by atoms with Crippen LogP contribution >= 0.6 is 11.6 Å². The average molecular weight is 425 g/mol. The lowest BCUT2D eigenvalue weighted by atomic mass is 10.1. The summed E-state index contributed by atoms with van der Waals surface area (Å²) in [4.78, 5) is 25.0. The van der Waals surface area contributed by atoms with Gasteiger partial charge >= 0.3 is 6.18 Å². The minimum atomic E-state index is -4.92. The molecule has 0 aliphatic heterocycles. The molecule has 1 aromatic heterocycles. The zero-order chi connectivity index (χ0) is 21.2. The predicted octanol–water partition coefficient (Wildman–Crippen LogP) is 4.96. The maximum Gasteiger partial charge on any atom is 0.419 e. The van der Waals surface area contributed by atoms with E-state index in [4.69, 9.17) is 11.6 Å². The third-order valence-corrected chi connectivity index (χ3v) is 4.46. The third kappa shape index (κ3) is 4.65. The molecule has 0 saturated heterocycles. The number of anilines is 1. The average Bonchev–Trinajstić information content (AvgIpc) is 2.65. The van der Waals surface area contributed by atoms with Crippen molar-refractivity contribution in [3.8, 4) is 0 Å². The van der Waals surface area contributed by atoms with Gasteiger partial charge < -0.3 is 9.88 Å². The van der Waals surface area contributed by atoms with Gasteiger partial charge in [-0.3, -0.25) is 9.59 Å². The van der Waals surface area contributed by atoms with E-state index in [9.17, 15) is 27.2 Å². The standard InChI is InChI=1S/C20H13ClF4N2O2/c21-16-6-2-1-4-12(16)11-27-9-3-5-14(19(27)29)18(28)26-13-7-8-17(22)15(10-13)20(23,24)25/h1-10H,11H2,(H,26,28). The molecule has 0 fully saturated rings. The topological polar surface area (TPSA) is 51.1 Å². The number of benzene rings is 2. The Kier molecular flexibility index (Phi) is 5.74. The lowest BCUT2D eigenvalue weighted by molar-refractivity contribution is -0.139. The molecule has 0 saturated carbocycles. The van der Waals surface area contributed by atoms with Crippen LogP contribution in [0.25, 0.3) is 0 Å². The van der Waals surface area contributed by atoms with Crippen LogP contribution in [0.4, 0.5) is 23.2 Å². The van der Waals surface area contributed by atoms with E-state index in [0.29, 0.717) is 22.7 Å². The van der Waals surface area contributed by atoms with Gasteiger partial charge in [-0.1, -0.05) is 29.8 Å². The first-order valence-corrected chi connectivity index (χ1v) is 8.65. The van der Waals surface area contributed by atoms with Gasteiger partial charge in [0.05, 0.1) is 12.1 Å². The molecule has 0 unspecified atom stereocenters. The number of carbonyl (C=O) groups excluding carboxylic acids is 1. The number of amides is 1. The molecule has 2 aromatic carbocycles. The van der Waals surface area contributed by atoms with E-state index in [2.05, 4.69) is 5.32 Å². The number of hydrogen-bond acceptors (Lipinski definition) is 2. The lowest BCUT2D eigenvalue weighted by Crippen LogP contribution is -2.29. The van der Waals surface area contributed by atoms with Gasteiger partial charge in [-0.2, -0.15) is 13.2 Å². The summed E-state index contributed by atoms with van der Waals surface area (Å²) in [6.07, 6.45) is -3.46. The molecule has 1 N–H and O–H groups in total. The number of aromatic nitrogens is 1. The summed E-state index contributed by atoms with van der Waals surface area (Å²) >= 11 is 6.08. The summed E-state index contributed by atoms with van der Waals surface area (Å²) in [7, 11) is 0. The highest BCUT2D eigenvalue weighted by atomic mass is 35.5. The number of hydrogen-bond donors (Lipinski definition) is 1. The van der Waals surface area contributed by atoms with E-state index in [0.717, 1.165) is 6.07 Å². The first-order valence-electron chi connectivity index (χ1n) is 8.28. The molecule has 3 aromatic rings. The monoisotopic (exact) mass is 424 g/mol. The summed E-state index contributed by atoms with van der Waals surface area (Å²) < 4.78 is 53.1. The highest BCUT2D eigenvalue weighted by Gasteiger charge is 2.34. The van der Waals surface area contributed by atoms with Gasteiger partial charge in [-0.05, 0) is 42.0 Å². The Morgan fingerprint density at radius 2 is 1.79 bits per heavy atom. The van der Waals surface area contributed by atoms with E-state index in [1.54, 1.807) is 24.3 Å². The maximum absolute atomic E-state index is 13.4. The van der Waals surface area contributed by atoms with Crippen LogP contribution < -0.4 is 10.9 Å². The second-order valence-electron chi connectivity index (χ2n) is 6.09. The fourth-order valence-corrected chi connectivity index (χ4v) is 2.86. The molecule has 9 heteroatoms. The van der Waals surface area contributed by atoms with Gasteiger partial charge in [0, 0.05) is 16.9 Å². The van der Waals surface area contributed by atoms with Crippen LogP contribution in [0.5, 0.6) is 0 Å². The largest absolute Gasteiger partial charge is 0.419 e. The number of nitrogens with zero attached hydrogens (tertiary/aromatic N) is 1. The van der Waals surface area contributed by atoms with Crippen molar-refractivity contribution in [2.45, 2.75) is 12.7 Å². The normalized spacial score (nSPS) is 11.3. The summed E-state index contributed by atoms with van der Waals surface area (Å²) in [6, 6.07) is 11.6. The van der Waals surface area contributed by atoms with E-state index >= 15 is 0 Å². The van der Waals surface area contributed by atoms with Crippen LogP contribution in [0.2, 0.25) is 5.02 Å². The molecular weight excluding hydrogens is 412 g/mol. The minimum Gasteiger partial charge on any atom is -0.322 e. The number of nitrogens with one attached hydrogen (secondary N) is 1. The van der Waals surface area contributed by atoms with E-state index < -0.39 is 29.0 Å². The number of halogens is 5. The van der Waals surface area contributed by atoms with Crippen LogP contribution in [-0.2, 0) is 12.7 Å². The first kappa shape index (κ1) is 20.6. The first-order chi connectivity index (χ1) is 13.7. The van der Waals surface area contributed by atoms with Crippen molar-refractivity contribution >= 4 is 23.2 Å². The fraction of sp³-hybridized carbons (Fsp3) is 0.100. The maximum atomic E-state index is 13.4. The third-order valence-electron chi connectivity index (χ3n) is 4.09. The van der Waals surface area contributed by atoms with Crippen molar-refractivity contribution in [2.24, 2.45) is 0 Å². The molecule has 0 bridgehead atoms. The number of alkyl halides is 3. The molecular formula is C20H13ClF4N2O2. The summed E-state index contributed by atoms with van der Waals surface area (Å²) in [5, 5.41) is 2.64. The molecule has 0 aliphatic rings. The predicted molar refractivity (Wildman–Crippen MR) is 101 cm³/mol. The van der Waals surface area contributed by atoms with E-state index in [1.165, 1.54) is 22.9 Å². The van der Waals surface area contributed by atoms with Crippen LogP contribution in [0, 0.1) is 5.82 Å². The van der Waals surface area contributed by atoms with Gasteiger partial charge in [0.1, 0.15) is 11.4 Å². The van der Waals surface area contributed by atoms with Crippen molar-refractivity contribution in [3.63, 3.8) is 0 Å². The molecule has 0 radical (unpaired) electrons. The summed E-state index contributed by atoms with van der Waals surface area (Å²) in [5.41, 5.74) is -2.08. The SMILES string of the molecule is O=C(Nc1ccc(F)c(C(F)(F)F)c1)c1cccn(Cc2ccccc2Cl)c1=O. The highest BCUT2D eigenvalue weighted by Crippen LogP contribution is 2.33. The number of pyridine rings is 1. The molecule has 0 aliphatic carbocycles. The summed E-state index contributed by atoms with van der Waals surface area (Å²) in [6.45, 7) is 0.106. The Hall–Kier alpha value is -3.13. The quantitative estimate of drug-likeness (QED) is 0.602. The zero-order valence-corrected chi connectivity index (χ0v) is 15.4. The van der Waals surface area contributed by atoms with Gasteiger partial charge in [-0.15, -0.1) is 0 Å². The number of carbonyl (C=O) groups is 1. The van der Waals surface area contributed by atoms with Gasteiger partial charge in [-0.25, -0.2) is 4.39 Å².